The first-order valence-corrected chi connectivity index (χ1v) is 4.89. The summed E-state index contributed by atoms with van der Waals surface area (Å²) in [7, 11) is 3.84. The number of hydrogen-bond acceptors (Lipinski definition) is 4. The lowest BCUT2D eigenvalue weighted by molar-refractivity contribution is 0.229. The zero-order valence-corrected chi connectivity index (χ0v) is 9.10. The summed E-state index contributed by atoms with van der Waals surface area (Å²) in [5.74, 6) is 0.577. The standard InChI is InChI=1S/C11H17NO3/c1-12(2)9-4-5-10(14)11(8-9)15-7-3-6-13/h4-5,8,13-14H,3,6-7H2,1-2H3. The van der Waals surface area contributed by atoms with E-state index in [4.69, 9.17) is 9.84 Å². The minimum Gasteiger partial charge on any atom is -0.504 e. The van der Waals surface area contributed by atoms with Crippen LogP contribution in [0.4, 0.5) is 5.69 Å². The molecule has 0 atom stereocenters. The average molecular weight is 211 g/mol. The second-order valence-electron chi connectivity index (χ2n) is 3.47. The van der Waals surface area contributed by atoms with Gasteiger partial charge in [0.25, 0.3) is 0 Å². The second kappa shape index (κ2) is 5.46. The maximum Gasteiger partial charge on any atom is 0.162 e. The predicted molar refractivity (Wildman–Crippen MR) is 59.6 cm³/mol. The van der Waals surface area contributed by atoms with E-state index >= 15 is 0 Å². The number of aromatic hydroxyl groups is 1. The molecule has 0 bridgehead atoms. The highest BCUT2D eigenvalue weighted by Crippen LogP contribution is 2.30. The molecule has 1 aromatic carbocycles. The maximum atomic E-state index is 9.51. The van der Waals surface area contributed by atoms with Gasteiger partial charge in [-0.2, -0.15) is 0 Å². The lowest BCUT2D eigenvalue weighted by atomic mass is 10.2. The largest absolute Gasteiger partial charge is 0.504 e. The van der Waals surface area contributed by atoms with Gasteiger partial charge < -0.3 is 19.8 Å². The molecule has 1 rings (SSSR count). The molecule has 0 saturated heterocycles. The van der Waals surface area contributed by atoms with Gasteiger partial charge in [0.05, 0.1) is 6.61 Å². The van der Waals surface area contributed by atoms with Gasteiger partial charge in [0, 0.05) is 38.9 Å². The first-order valence-electron chi connectivity index (χ1n) is 4.89. The third-order valence-electron chi connectivity index (χ3n) is 2.02. The predicted octanol–water partition coefficient (Wildman–Crippen LogP) is 1.22. The smallest absolute Gasteiger partial charge is 0.162 e. The Bertz CT molecular complexity index is 313. The monoisotopic (exact) mass is 211 g/mol. The molecule has 84 valence electrons. The number of anilines is 1. The molecule has 0 saturated carbocycles. The summed E-state index contributed by atoms with van der Waals surface area (Å²) in [5, 5.41) is 18.1. The van der Waals surface area contributed by atoms with Gasteiger partial charge >= 0.3 is 0 Å². The minimum atomic E-state index is 0.0914. The summed E-state index contributed by atoms with van der Waals surface area (Å²) >= 11 is 0. The van der Waals surface area contributed by atoms with Crippen LogP contribution in [0, 0.1) is 0 Å². The third-order valence-corrected chi connectivity index (χ3v) is 2.02. The number of nitrogens with zero attached hydrogens (tertiary/aromatic N) is 1. The molecule has 0 heterocycles. The number of rotatable bonds is 5. The Hall–Kier alpha value is -1.42. The fourth-order valence-electron chi connectivity index (χ4n) is 1.14. The second-order valence-corrected chi connectivity index (χ2v) is 3.47. The van der Waals surface area contributed by atoms with Crippen LogP contribution in [0.1, 0.15) is 6.42 Å². The van der Waals surface area contributed by atoms with Gasteiger partial charge in [-0.15, -0.1) is 0 Å². The van der Waals surface area contributed by atoms with Gasteiger partial charge in [0.15, 0.2) is 11.5 Å². The number of hydrogen-bond donors (Lipinski definition) is 2. The Morgan fingerprint density at radius 1 is 1.33 bits per heavy atom. The molecule has 0 unspecified atom stereocenters. The van der Waals surface area contributed by atoms with E-state index in [-0.39, 0.29) is 12.4 Å². The van der Waals surface area contributed by atoms with Gasteiger partial charge in [-0.05, 0) is 12.1 Å². The van der Waals surface area contributed by atoms with Crippen LogP contribution in [0.5, 0.6) is 11.5 Å². The molecular formula is C11H17NO3. The molecule has 1 aromatic rings. The SMILES string of the molecule is CN(C)c1ccc(O)c(OCCCO)c1. The van der Waals surface area contributed by atoms with E-state index in [0.29, 0.717) is 18.8 Å². The van der Waals surface area contributed by atoms with E-state index in [1.165, 1.54) is 0 Å². The van der Waals surface area contributed by atoms with E-state index in [1.54, 1.807) is 12.1 Å². The molecule has 0 aliphatic carbocycles. The molecule has 0 spiro atoms. The van der Waals surface area contributed by atoms with Crippen molar-refractivity contribution in [3.05, 3.63) is 18.2 Å². The van der Waals surface area contributed by atoms with Crippen molar-refractivity contribution >= 4 is 5.69 Å². The Morgan fingerprint density at radius 3 is 2.67 bits per heavy atom. The molecule has 0 fully saturated rings. The van der Waals surface area contributed by atoms with Crippen LogP contribution in [0.3, 0.4) is 0 Å². The minimum absolute atomic E-state index is 0.0914. The molecule has 0 aliphatic rings. The Morgan fingerprint density at radius 2 is 2.07 bits per heavy atom. The van der Waals surface area contributed by atoms with Crippen LogP contribution < -0.4 is 9.64 Å². The van der Waals surface area contributed by atoms with Crippen LogP contribution in [0.15, 0.2) is 18.2 Å². The Kier molecular flexibility index (Phi) is 4.24. The zero-order valence-electron chi connectivity index (χ0n) is 9.10. The van der Waals surface area contributed by atoms with Crippen molar-refractivity contribution in [1.82, 2.24) is 0 Å². The Labute approximate surface area is 89.7 Å². The molecule has 2 N–H and O–H groups in total. The lowest BCUT2D eigenvalue weighted by Crippen LogP contribution is -2.08. The molecule has 0 radical (unpaired) electrons. The zero-order chi connectivity index (χ0) is 11.3. The first kappa shape index (κ1) is 11.7. The summed E-state index contributed by atoms with van der Waals surface area (Å²) in [4.78, 5) is 1.93. The normalized spacial score (nSPS) is 10.1. The fourth-order valence-corrected chi connectivity index (χ4v) is 1.14. The van der Waals surface area contributed by atoms with Crippen molar-refractivity contribution in [2.45, 2.75) is 6.42 Å². The van der Waals surface area contributed by atoms with E-state index < -0.39 is 0 Å². The maximum absolute atomic E-state index is 9.51. The van der Waals surface area contributed by atoms with E-state index in [0.717, 1.165) is 5.69 Å². The molecule has 4 nitrogen and oxygen atoms in total. The van der Waals surface area contributed by atoms with Crippen LogP contribution >= 0.6 is 0 Å². The number of aliphatic hydroxyl groups is 1. The van der Waals surface area contributed by atoms with Crippen LogP contribution in [0.2, 0.25) is 0 Å². The number of phenolic OH excluding ortho intramolecular Hbond substituents is 1. The molecule has 15 heavy (non-hydrogen) atoms. The quantitative estimate of drug-likeness (QED) is 0.719. The number of benzene rings is 1. The average Bonchev–Trinajstić information content (AvgIpc) is 2.20. The van der Waals surface area contributed by atoms with E-state index in [2.05, 4.69) is 0 Å². The van der Waals surface area contributed by atoms with Crippen molar-refractivity contribution in [3.8, 4) is 11.5 Å². The summed E-state index contributed by atoms with van der Waals surface area (Å²) in [6, 6.07) is 5.19. The van der Waals surface area contributed by atoms with Crippen molar-refractivity contribution in [2.75, 3.05) is 32.2 Å². The van der Waals surface area contributed by atoms with Crippen LogP contribution in [-0.2, 0) is 0 Å². The summed E-state index contributed by atoms with van der Waals surface area (Å²) in [6.07, 6.45) is 0.561. The van der Waals surface area contributed by atoms with Gasteiger partial charge in [0.2, 0.25) is 0 Å². The lowest BCUT2D eigenvalue weighted by Gasteiger charge is -2.15. The molecule has 0 aliphatic heterocycles. The van der Waals surface area contributed by atoms with E-state index in [1.807, 2.05) is 25.1 Å². The van der Waals surface area contributed by atoms with Gasteiger partial charge in [0.1, 0.15) is 0 Å². The molecule has 0 amide bonds. The summed E-state index contributed by atoms with van der Waals surface area (Å²) in [6.45, 7) is 0.495. The third kappa shape index (κ3) is 3.32. The highest BCUT2D eigenvalue weighted by Gasteiger charge is 2.04. The highest BCUT2D eigenvalue weighted by molar-refractivity contribution is 5.55. The van der Waals surface area contributed by atoms with Gasteiger partial charge in [-0.25, -0.2) is 0 Å². The number of phenols is 1. The summed E-state index contributed by atoms with van der Waals surface area (Å²) in [5.41, 5.74) is 0.965. The number of aliphatic hydroxyl groups excluding tert-OH is 1. The first-order chi connectivity index (χ1) is 7.15. The van der Waals surface area contributed by atoms with Crippen molar-refractivity contribution in [3.63, 3.8) is 0 Å². The fraction of sp³-hybridized carbons (Fsp3) is 0.455. The van der Waals surface area contributed by atoms with E-state index in [9.17, 15) is 5.11 Å². The molecule has 0 aromatic heterocycles. The van der Waals surface area contributed by atoms with Gasteiger partial charge in [-0.3, -0.25) is 0 Å². The van der Waals surface area contributed by atoms with Gasteiger partial charge in [-0.1, -0.05) is 0 Å². The summed E-state index contributed by atoms with van der Waals surface area (Å²) < 4.78 is 5.33. The molecule has 4 heteroatoms. The van der Waals surface area contributed by atoms with Crippen molar-refractivity contribution < 1.29 is 14.9 Å². The Balaban J connectivity index is 2.72. The van der Waals surface area contributed by atoms with Crippen LogP contribution in [-0.4, -0.2) is 37.5 Å². The topological polar surface area (TPSA) is 52.9 Å². The van der Waals surface area contributed by atoms with Crippen molar-refractivity contribution in [1.29, 1.82) is 0 Å². The van der Waals surface area contributed by atoms with Crippen molar-refractivity contribution in [2.24, 2.45) is 0 Å². The number of ether oxygens (including phenoxy) is 1. The highest BCUT2D eigenvalue weighted by atomic mass is 16.5. The van der Waals surface area contributed by atoms with Crippen LogP contribution in [0.25, 0.3) is 0 Å². The molecular weight excluding hydrogens is 194 g/mol.